The number of nitrogens with one attached hydrogen (secondary N) is 1. The number of amides is 1. The van der Waals surface area contributed by atoms with E-state index in [-0.39, 0.29) is 5.91 Å². The zero-order chi connectivity index (χ0) is 15.5. The number of rotatable bonds is 5. The molecule has 2 aromatic rings. The summed E-state index contributed by atoms with van der Waals surface area (Å²) in [4.78, 5) is 16.7. The van der Waals surface area contributed by atoms with Crippen molar-refractivity contribution in [2.75, 3.05) is 20.8 Å². The van der Waals surface area contributed by atoms with Crippen LogP contribution in [0.2, 0.25) is 0 Å². The van der Waals surface area contributed by atoms with Crippen LogP contribution in [-0.4, -0.2) is 37.8 Å². The first-order valence-electron chi connectivity index (χ1n) is 7.46. The summed E-state index contributed by atoms with van der Waals surface area (Å²) < 4.78 is 10.6. The van der Waals surface area contributed by atoms with Crippen molar-refractivity contribution in [3.8, 4) is 5.75 Å². The van der Waals surface area contributed by atoms with E-state index in [2.05, 4.69) is 10.3 Å². The second-order valence-electron chi connectivity index (χ2n) is 5.63. The van der Waals surface area contributed by atoms with Gasteiger partial charge >= 0.3 is 0 Å². The van der Waals surface area contributed by atoms with E-state index in [1.165, 1.54) is 0 Å². The third kappa shape index (κ3) is 2.90. The van der Waals surface area contributed by atoms with Gasteiger partial charge in [0.2, 0.25) is 0 Å². The lowest BCUT2D eigenvalue weighted by Crippen LogP contribution is -2.39. The highest BCUT2D eigenvalue weighted by molar-refractivity contribution is 5.97. The molecule has 0 aliphatic heterocycles. The number of methoxy groups -OCH3 is 2. The molecular formula is C17H20N2O3. The first-order chi connectivity index (χ1) is 10.7. The molecule has 0 bridgehead atoms. The highest BCUT2D eigenvalue weighted by atomic mass is 16.5. The van der Waals surface area contributed by atoms with Crippen LogP contribution < -0.4 is 10.1 Å². The number of para-hydroxylation sites is 1. The molecule has 1 N–H and O–H groups in total. The van der Waals surface area contributed by atoms with Crippen molar-refractivity contribution in [1.29, 1.82) is 0 Å². The van der Waals surface area contributed by atoms with Crippen LogP contribution in [0.15, 0.2) is 30.3 Å². The predicted octanol–water partition coefficient (Wildman–Crippen LogP) is 2.40. The molecule has 3 rings (SSSR count). The van der Waals surface area contributed by atoms with Crippen molar-refractivity contribution in [2.24, 2.45) is 5.92 Å². The van der Waals surface area contributed by atoms with Crippen molar-refractivity contribution in [1.82, 2.24) is 10.3 Å². The zero-order valence-electron chi connectivity index (χ0n) is 12.8. The van der Waals surface area contributed by atoms with Crippen LogP contribution in [0.1, 0.15) is 23.3 Å². The molecule has 1 aliphatic carbocycles. The molecule has 1 aromatic carbocycles. The highest BCUT2D eigenvalue weighted by Gasteiger charge is 2.29. The molecule has 0 spiro atoms. The molecule has 5 nitrogen and oxygen atoms in total. The molecule has 1 fully saturated rings. The molecule has 116 valence electrons. The fourth-order valence-electron chi connectivity index (χ4n) is 2.79. The van der Waals surface area contributed by atoms with Gasteiger partial charge in [-0.05, 0) is 30.9 Å². The topological polar surface area (TPSA) is 60.5 Å². The molecule has 0 saturated heterocycles. The zero-order valence-corrected chi connectivity index (χ0v) is 12.8. The number of nitrogens with zero attached hydrogens (tertiary/aromatic N) is 1. The van der Waals surface area contributed by atoms with Gasteiger partial charge < -0.3 is 14.8 Å². The Morgan fingerprint density at radius 2 is 2.09 bits per heavy atom. The first kappa shape index (κ1) is 14.8. The van der Waals surface area contributed by atoms with Crippen LogP contribution >= 0.6 is 0 Å². The third-order valence-electron chi connectivity index (χ3n) is 4.21. The van der Waals surface area contributed by atoms with E-state index < -0.39 is 0 Å². The average molecular weight is 300 g/mol. The summed E-state index contributed by atoms with van der Waals surface area (Å²) in [6, 6.07) is 9.33. The monoisotopic (exact) mass is 300 g/mol. The number of hydrogen-bond acceptors (Lipinski definition) is 4. The van der Waals surface area contributed by atoms with Gasteiger partial charge in [-0.25, -0.2) is 4.98 Å². The maximum atomic E-state index is 12.3. The lowest BCUT2D eigenvalue weighted by atomic mass is 9.82. The number of carbonyl (C=O) groups is 1. The third-order valence-corrected chi connectivity index (χ3v) is 4.21. The van der Waals surface area contributed by atoms with Gasteiger partial charge in [-0.15, -0.1) is 0 Å². The largest absolute Gasteiger partial charge is 0.496 e. The van der Waals surface area contributed by atoms with E-state index in [4.69, 9.17) is 9.47 Å². The molecule has 0 radical (unpaired) electrons. The van der Waals surface area contributed by atoms with Crippen molar-refractivity contribution in [3.63, 3.8) is 0 Å². The molecule has 0 atom stereocenters. The Kier molecular flexibility index (Phi) is 4.24. The van der Waals surface area contributed by atoms with E-state index in [0.29, 0.717) is 30.0 Å². The summed E-state index contributed by atoms with van der Waals surface area (Å²) in [6.45, 7) is 0.662. The van der Waals surface area contributed by atoms with Crippen LogP contribution in [0.5, 0.6) is 5.75 Å². The fourth-order valence-corrected chi connectivity index (χ4v) is 2.79. The molecule has 1 saturated carbocycles. The van der Waals surface area contributed by atoms with Gasteiger partial charge in [-0.3, -0.25) is 4.79 Å². The molecule has 1 heterocycles. The highest BCUT2D eigenvalue weighted by Crippen LogP contribution is 2.29. The van der Waals surface area contributed by atoms with Crippen LogP contribution in [-0.2, 0) is 4.74 Å². The Morgan fingerprint density at radius 3 is 2.82 bits per heavy atom. The molecular weight excluding hydrogens is 280 g/mol. The second kappa shape index (κ2) is 6.32. The average Bonchev–Trinajstić information content (AvgIpc) is 2.52. The molecule has 22 heavy (non-hydrogen) atoms. The fraction of sp³-hybridized carbons (Fsp3) is 0.412. The Morgan fingerprint density at radius 1 is 1.32 bits per heavy atom. The Bertz CT molecular complexity index is 681. The number of benzene rings is 1. The van der Waals surface area contributed by atoms with Gasteiger partial charge in [0.05, 0.1) is 18.7 Å². The van der Waals surface area contributed by atoms with Crippen molar-refractivity contribution >= 4 is 16.8 Å². The van der Waals surface area contributed by atoms with Crippen molar-refractivity contribution in [3.05, 3.63) is 36.0 Å². The van der Waals surface area contributed by atoms with Crippen LogP contribution in [0.25, 0.3) is 10.9 Å². The molecule has 1 amide bonds. The number of fused-ring (bicyclic) bond motifs is 1. The number of aromatic nitrogens is 1. The van der Waals surface area contributed by atoms with Crippen molar-refractivity contribution < 1.29 is 14.3 Å². The number of ether oxygens (including phenoxy) is 2. The van der Waals surface area contributed by atoms with Crippen LogP contribution in [0.4, 0.5) is 0 Å². The molecule has 1 aromatic heterocycles. The number of carbonyl (C=O) groups excluding carboxylic acids is 1. The number of pyridine rings is 1. The Balaban J connectivity index is 1.71. The summed E-state index contributed by atoms with van der Waals surface area (Å²) in [7, 11) is 3.33. The lowest BCUT2D eigenvalue weighted by molar-refractivity contribution is 0.00178. The van der Waals surface area contributed by atoms with Gasteiger partial charge in [0.25, 0.3) is 5.91 Å². The van der Waals surface area contributed by atoms with E-state index in [0.717, 1.165) is 23.7 Å². The van der Waals surface area contributed by atoms with Crippen LogP contribution in [0, 0.1) is 5.92 Å². The minimum Gasteiger partial charge on any atom is -0.496 e. The van der Waals surface area contributed by atoms with Gasteiger partial charge in [0.15, 0.2) is 0 Å². The Labute approximate surface area is 129 Å². The quantitative estimate of drug-likeness (QED) is 0.921. The first-order valence-corrected chi connectivity index (χ1v) is 7.46. The van der Waals surface area contributed by atoms with Gasteiger partial charge in [0, 0.05) is 25.1 Å². The summed E-state index contributed by atoms with van der Waals surface area (Å²) in [5, 5.41) is 3.85. The van der Waals surface area contributed by atoms with Gasteiger partial charge in [-0.2, -0.15) is 0 Å². The normalized spacial score (nSPS) is 20.5. The summed E-state index contributed by atoms with van der Waals surface area (Å²) in [5.74, 6) is 1.00. The molecule has 0 unspecified atom stereocenters. The standard InChI is InChI=1S/C17H20N2O3/c1-21-12-7-11(8-12)10-18-17(20)15-9-16(22-2)13-5-3-4-6-14(13)19-15/h3-6,9,11-12H,7-8,10H2,1-2H3,(H,18,20). The van der Waals surface area contributed by atoms with Crippen molar-refractivity contribution in [2.45, 2.75) is 18.9 Å². The second-order valence-corrected chi connectivity index (χ2v) is 5.63. The van der Waals surface area contributed by atoms with Gasteiger partial charge in [-0.1, -0.05) is 12.1 Å². The minimum atomic E-state index is -0.162. The van der Waals surface area contributed by atoms with Gasteiger partial charge in [0.1, 0.15) is 11.4 Å². The van der Waals surface area contributed by atoms with Crippen LogP contribution in [0.3, 0.4) is 0 Å². The maximum absolute atomic E-state index is 12.3. The van der Waals surface area contributed by atoms with E-state index in [1.54, 1.807) is 20.3 Å². The maximum Gasteiger partial charge on any atom is 0.270 e. The Hall–Kier alpha value is -2.14. The SMILES string of the molecule is COc1cc(C(=O)NCC2CC(OC)C2)nc2ccccc12. The summed E-state index contributed by atoms with van der Waals surface area (Å²) in [5.41, 5.74) is 1.15. The van der Waals surface area contributed by atoms with E-state index in [1.807, 2.05) is 24.3 Å². The lowest BCUT2D eigenvalue weighted by Gasteiger charge is -2.34. The molecule has 1 aliphatic rings. The van der Waals surface area contributed by atoms with E-state index >= 15 is 0 Å². The van der Waals surface area contributed by atoms with E-state index in [9.17, 15) is 4.79 Å². The molecule has 5 heteroatoms. The minimum absolute atomic E-state index is 0.162. The summed E-state index contributed by atoms with van der Waals surface area (Å²) in [6.07, 6.45) is 2.36. The summed E-state index contributed by atoms with van der Waals surface area (Å²) >= 11 is 0. The number of hydrogen-bond donors (Lipinski definition) is 1. The smallest absolute Gasteiger partial charge is 0.270 e. The predicted molar refractivity (Wildman–Crippen MR) is 84.1 cm³/mol.